The Balaban J connectivity index is 1.31. The van der Waals surface area contributed by atoms with Crippen LogP contribution in [-0.4, -0.2) is 40.9 Å². The van der Waals surface area contributed by atoms with Gasteiger partial charge in [0.25, 0.3) is 11.8 Å². The summed E-state index contributed by atoms with van der Waals surface area (Å²) in [4.78, 5) is 59.0. The van der Waals surface area contributed by atoms with Crippen molar-refractivity contribution in [3.8, 4) is 11.5 Å². The smallest absolute Gasteiger partial charge is 0.416 e. The number of carbonyl (C=O) groups excluding carboxylic acids is 4. The third-order valence-corrected chi connectivity index (χ3v) is 11.8. The van der Waals surface area contributed by atoms with E-state index < -0.39 is 87.8 Å². The number of hydrogen-bond acceptors (Lipinski definition) is 7. The molecule has 0 unspecified atom stereocenters. The lowest BCUT2D eigenvalue weighted by atomic mass is 9.49. The number of nitrogens with zero attached hydrogens (tertiary/aromatic N) is 2. The van der Waals surface area contributed by atoms with Crippen LogP contribution in [0.1, 0.15) is 46.6 Å². The Morgan fingerprint density at radius 2 is 1.44 bits per heavy atom. The molecule has 9 nitrogen and oxygen atoms in total. The normalized spacial score (nSPS) is 25.9. The van der Waals surface area contributed by atoms with E-state index in [1.54, 1.807) is 60.7 Å². The molecule has 0 radical (unpaired) electrons. The minimum atomic E-state index is -5.24. The number of phenolic OH excluding ortho intramolecular Hbond substituents is 1. The lowest BCUT2D eigenvalue weighted by Crippen LogP contribution is -2.53. The molecule has 8 rings (SSSR count). The molecule has 4 aromatic rings. The zero-order chi connectivity index (χ0) is 40.8. The van der Waals surface area contributed by atoms with Gasteiger partial charge >= 0.3 is 12.4 Å². The number of methoxy groups -OCH3 is 1. The molecular weight excluding hydrogens is 756 g/mol. The van der Waals surface area contributed by atoms with E-state index >= 15 is 4.79 Å². The fraction of sp³-hybridized carbons (Fsp3) is 0.286. The van der Waals surface area contributed by atoms with Gasteiger partial charge in [-0.3, -0.25) is 24.6 Å². The quantitative estimate of drug-likeness (QED) is 0.116. The largest absolute Gasteiger partial charge is 0.508 e. The summed E-state index contributed by atoms with van der Waals surface area (Å²) in [6, 6.07) is 20.3. The number of halogens is 6. The van der Waals surface area contributed by atoms with Crippen LogP contribution in [0.5, 0.6) is 11.5 Å². The maximum atomic E-state index is 15.3. The van der Waals surface area contributed by atoms with Crippen LogP contribution in [0.3, 0.4) is 0 Å². The van der Waals surface area contributed by atoms with Crippen LogP contribution >= 0.6 is 0 Å². The van der Waals surface area contributed by atoms with E-state index in [0.29, 0.717) is 33.9 Å². The average Bonchev–Trinajstić information content (AvgIpc) is 3.56. The molecule has 4 aliphatic rings. The summed E-state index contributed by atoms with van der Waals surface area (Å²) >= 11 is 0. The van der Waals surface area contributed by atoms with Gasteiger partial charge in [0.1, 0.15) is 11.5 Å². The maximum absolute atomic E-state index is 15.3. The van der Waals surface area contributed by atoms with Crippen LogP contribution in [0.2, 0.25) is 0 Å². The fourth-order valence-corrected chi connectivity index (χ4v) is 9.30. The Kier molecular flexibility index (Phi) is 8.78. The van der Waals surface area contributed by atoms with Gasteiger partial charge in [-0.1, -0.05) is 59.7 Å². The number of aromatic hydroxyl groups is 1. The number of alkyl halides is 6. The Hall–Kier alpha value is -6.12. The predicted molar refractivity (Wildman–Crippen MR) is 192 cm³/mol. The standard InChI is InChI=1S/C42H33F6N3O6/c1-21-8-10-25(11-9-21)49-51-37(54)32-20-30-28(35(31-19-27(57-2)12-15-33(31)52)40(32,39(51)56)22-6-4-3-5-7-22)13-14-29-34(30)38(55)50(36(29)53)26-17-23(41(43,44)45)16-24(18-26)42(46,47)48/h3-13,15-19,29-30,32,34-35,49,52H,14,20H2,1-2H3/t29-,30+,32-,34-,35+,40+/m0/s1. The topological polar surface area (TPSA) is 116 Å². The van der Waals surface area contributed by atoms with Crippen LogP contribution in [-0.2, 0) is 36.9 Å². The number of amides is 4. The van der Waals surface area contributed by atoms with Crippen molar-refractivity contribution in [1.82, 2.24) is 5.01 Å². The molecule has 2 N–H and O–H groups in total. The summed E-state index contributed by atoms with van der Waals surface area (Å²) in [6.07, 6.45) is -9.22. The van der Waals surface area contributed by atoms with E-state index in [4.69, 9.17) is 4.74 Å². The molecule has 4 amide bonds. The van der Waals surface area contributed by atoms with Crippen molar-refractivity contribution >= 4 is 35.0 Å². The number of anilines is 2. The minimum absolute atomic E-state index is 0.0874. The van der Waals surface area contributed by atoms with Crippen molar-refractivity contribution in [3.05, 3.63) is 130 Å². The Labute approximate surface area is 321 Å². The first kappa shape index (κ1) is 37.8. The number of carbonyl (C=O) groups is 4. The molecule has 294 valence electrons. The SMILES string of the molecule is COc1ccc(O)c([C@H]2C3=CC[C@@H]4C(=O)N(c5cc(C(F)(F)F)cc(C(F)(F)F)c5)C(=O)[C@@H]4[C@@H]3C[C@H]3C(=O)N(Nc4ccc(C)cc4)C(=O)[C@@]23c2ccccc2)c1. The third-order valence-electron chi connectivity index (χ3n) is 11.8. The molecule has 3 fully saturated rings. The second-order valence-electron chi connectivity index (χ2n) is 14.8. The van der Waals surface area contributed by atoms with Crippen LogP contribution in [0.15, 0.2) is 103 Å². The number of imide groups is 2. The van der Waals surface area contributed by atoms with E-state index in [1.807, 2.05) is 6.92 Å². The van der Waals surface area contributed by atoms with E-state index in [2.05, 4.69) is 5.43 Å². The molecule has 6 atom stereocenters. The predicted octanol–water partition coefficient (Wildman–Crippen LogP) is 7.94. The van der Waals surface area contributed by atoms with Gasteiger partial charge in [-0.25, -0.2) is 4.90 Å². The van der Waals surface area contributed by atoms with Crippen molar-refractivity contribution in [1.29, 1.82) is 0 Å². The van der Waals surface area contributed by atoms with Gasteiger partial charge in [0.15, 0.2) is 0 Å². The molecule has 2 aliphatic heterocycles. The van der Waals surface area contributed by atoms with E-state index in [-0.39, 0.29) is 36.0 Å². The number of nitrogens with one attached hydrogen (secondary N) is 1. The van der Waals surface area contributed by atoms with Crippen molar-refractivity contribution in [3.63, 3.8) is 0 Å². The number of phenols is 1. The Morgan fingerprint density at radius 3 is 2.05 bits per heavy atom. The lowest BCUT2D eigenvalue weighted by Gasteiger charge is -2.50. The zero-order valence-corrected chi connectivity index (χ0v) is 30.2. The Bertz CT molecular complexity index is 2330. The Morgan fingerprint density at radius 1 is 0.789 bits per heavy atom. The van der Waals surface area contributed by atoms with Gasteiger partial charge in [-0.15, -0.1) is 0 Å². The van der Waals surface area contributed by atoms with Crippen LogP contribution in [0.4, 0.5) is 37.7 Å². The molecular formula is C42H33F6N3O6. The van der Waals surface area contributed by atoms with Crippen LogP contribution in [0.25, 0.3) is 0 Å². The molecule has 2 saturated heterocycles. The van der Waals surface area contributed by atoms with Gasteiger partial charge in [0.2, 0.25) is 11.8 Å². The number of allylic oxidation sites excluding steroid dienone is 2. The first-order valence-electron chi connectivity index (χ1n) is 18.0. The number of rotatable bonds is 6. The zero-order valence-electron chi connectivity index (χ0n) is 30.2. The van der Waals surface area contributed by atoms with Gasteiger partial charge < -0.3 is 9.84 Å². The van der Waals surface area contributed by atoms with Crippen molar-refractivity contribution in [2.24, 2.45) is 23.7 Å². The third kappa shape index (κ3) is 5.84. The van der Waals surface area contributed by atoms with E-state index in [0.717, 1.165) is 10.6 Å². The van der Waals surface area contributed by atoms with Crippen LogP contribution in [0, 0.1) is 30.6 Å². The number of aryl methyl sites for hydroxylation is 1. The molecule has 15 heteroatoms. The summed E-state index contributed by atoms with van der Waals surface area (Å²) in [7, 11) is 1.40. The number of fused-ring (bicyclic) bond motifs is 4. The number of hydrazine groups is 1. The second kappa shape index (κ2) is 13.2. The highest BCUT2D eigenvalue weighted by Crippen LogP contribution is 2.65. The monoisotopic (exact) mass is 789 g/mol. The van der Waals surface area contributed by atoms with Gasteiger partial charge in [0, 0.05) is 11.5 Å². The summed E-state index contributed by atoms with van der Waals surface area (Å²) in [5, 5.41) is 12.5. The maximum Gasteiger partial charge on any atom is 0.416 e. The molecule has 1 saturated carbocycles. The van der Waals surface area contributed by atoms with Crippen molar-refractivity contribution in [2.75, 3.05) is 17.4 Å². The van der Waals surface area contributed by atoms with Crippen molar-refractivity contribution in [2.45, 2.75) is 43.5 Å². The first-order chi connectivity index (χ1) is 27.0. The van der Waals surface area contributed by atoms with Gasteiger partial charge in [-0.05, 0) is 79.8 Å². The highest BCUT2D eigenvalue weighted by atomic mass is 19.4. The number of ether oxygens (including phenoxy) is 1. The average molecular weight is 790 g/mol. The molecule has 0 bridgehead atoms. The molecule has 0 aromatic heterocycles. The summed E-state index contributed by atoms with van der Waals surface area (Å²) < 4.78 is 89.0. The molecule has 0 spiro atoms. The molecule has 2 heterocycles. The number of hydrogen-bond donors (Lipinski definition) is 2. The minimum Gasteiger partial charge on any atom is -0.508 e. The highest BCUT2D eigenvalue weighted by molar-refractivity contribution is 6.22. The van der Waals surface area contributed by atoms with E-state index in [1.165, 1.54) is 25.3 Å². The highest BCUT2D eigenvalue weighted by Gasteiger charge is 2.70. The summed E-state index contributed by atoms with van der Waals surface area (Å²) in [6.45, 7) is 1.86. The summed E-state index contributed by atoms with van der Waals surface area (Å²) in [5.74, 6) is -9.38. The van der Waals surface area contributed by atoms with Gasteiger partial charge in [0.05, 0.1) is 52.8 Å². The van der Waals surface area contributed by atoms with Crippen LogP contribution < -0.4 is 15.1 Å². The molecule has 2 aliphatic carbocycles. The fourth-order valence-electron chi connectivity index (χ4n) is 9.30. The van der Waals surface area contributed by atoms with E-state index in [9.17, 15) is 45.8 Å². The van der Waals surface area contributed by atoms with Gasteiger partial charge in [-0.2, -0.15) is 31.4 Å². The van der Waals surface area contributed by atoms with Crippen molar-refractivity contribution < 1.29 is 55.4 Å². The first-order valence-corrected chi connectivity index (χ1v) is 18.0. The summed E-state index contributed by atoms with van der Waals surface area (Å²) in [5.41, 5.74) is -0.791. The second-order valence-corrected chi connectivity index (χ2v) is 14.8. The molecule has 57 heavy (non-hydrogen) atoms. The molecule has 4 aromatic carbocycles. The number of benzene rings is 4. The lowest BCUT2D eigenvalue weighted by molar-refractivity contribution is -0.143.